The molecular weight excluding hydrogens is 168 g/mol. The van der Waals surface area contributed by atoms with Gasteiger partial charge < -0.3 is 5.11 Å². The maximum atomic E-state index is 8.12. The second-order valence-corrected chi connectivity index (χ2v) is 2.16. The van der Waals surface area contributed by atoms with Gasteiger partial charge in [0.05, 0.1) is 0 Å². The summed E-state index contributed by atoms with van der Waals surface area (Å²) in [4.78, 5) is 0. The van der Waals surface area contributed by atoms with Gasteiger partial charge in [-0.1, -0.05) is 28.8 Å². The Hall–Kier alpha value is -0.160. The molecule has 0 bridgehead atoms. The molecule has 46 valence electrons. The van der Waals surface area contributed by atoms with E-state index < -0.39 is 0 Å². The fourth-order valence-corrected chi connectivity index (χ4v) is 0.961. The van der Waals surface area contributed by atoms with Gasteiger partial charge in [-0.2, -0.15) is 0 Å². The van der Waals surface area contributed by atoms with Crippen molar-refractivity contribution in [1.29, 1.82) is 0 Å². The monoisotopic (exact) mass is 176 g/mol. The minimum Gasteiger partial charge on any atom is -0.462 e. The highest BCUT2D eigenvalue weighted by Crippen LogP contribution is 2.03. The van der Waals surface area contributed by atoms with E-state index in [1.165, 1.54) is 0 Å². The Morgan fingerprint density at radius 1 is 1.75 bits per heavy atom. The zero-order valence-electron chi connectivity index (χ0n) is 4.82. The Labute approximate surface area is 58.2 Å². The van der Waals surface area contributed by atoms with Gasteiger partial charge in [-0.15, -0.1) is 0 Å². The standard InChI is InChI=1S/C6H9BrO/c1-2-6(5-7)3-4-8/h6,8H,2,5H2,1H3. The molecule has 0 saturated carbocycles. The second kappa shape index (κ2) is 4.99. The zero-order valence-corrected chi connectivity index (χ0v) is 6.40. The summed E-state index contributed by atoms with van der Waals surface area (Å²) >= 11 is 3.26. The van der Waals surface area contributed by atoms with Gasteiger partial charge >= 0.3 is 0 Å². The molecule has 0 aromatic heterocycles. The summed E-state index contributed by atoms with van der Waals surface area (Å²) < 4.78 is 0. The number of hydrogen-bond donors (Lipinski definition) is 1. The van der Waals surface area contributed by atoms with E-state index in [2.05, 4.69) is 21.9 Å². The van der Waals surface area contributed by atoms with E-state index in [0.29, 0.717) is 5.92 Å². The van der Waals surface area contributed by atoms with Crippen LogP contribution in [-0.4, -0.2) is 10.4 Å². The van der Waals surface area contributed by atoms with Gasteiger partial charge in [-0.05, 0) is 6.42 Å². The summed E-state index contributed by atoms with van der Waals surface area (Å²) in [7, 11) is 0. The van der Waals surface area contributed by atoms with E-state index in [4.69, 9.17) is 5.11 Å². The Balaban J connectivity index is 3.47. The summed E-state index contributed by atoms with van der Waals surface area (Å²) in [5.41, 5.74) is 0. The SMILES string of the molecule is CCC(C#CO)CBr. The highest BCUT2D eigenvalue weighted by atomic mass is 79.9. The minimum atomic E-state index is 0.306. The quantitative estimate of drug-likeness (QED) is 0.503. The van der Waals surface area contributed by atoms with E-state index in [-0.39, 0.29) is 0 Å². The van der Waals surface area contributed by atoms with Crippen LogP contribution in [0, 0.1) is 17.9 Å². The molecule has 0 aliphatic heterocycles. The Kier molecular flexibility index (Phi) is 4.89. The van der Waals surface area contributed by atoms with E-state index in [0.717, 1.165) is 11.8 Å². The third kappa shape index (κ3) is 2.92. The van der Waals surface area contributed by atoms with Crippen molar-refractivity contribution in [3.05, 3.63) is 0 Å². The van der Waals surface area contributed by atoms with Gasteiger partial charge in [0, 0.05) is 11.2 Å². The summed E-state index contributed by atoms with van der Waals surface area (Å²) in [6.45, 7) is 2.04. The Morgan fingerprint density at radius 2 is 2.38 bits per heavy atom. The zero-order chi connectivity index (χ0) is 6.41. The molecule has 1 atom stereocenters. The molecule has 1 unspecified atom stereocenters. The number of alkyl halides is 1. The lowest BCUT2D eigenvalue weighted by molar-refractivity contribution is 0.513. The van der Waals surface area contributed by atoms with Crippen LogP contribution in [0.3, 0.4) is 0 Å². The van der Waals surface area contributed by atoms with Crippen LogP contribution in [0.4, 0.5) is 0 Å². The molecule has 0 aromatic carbocycles. The van der Waals surface area contributed by atoms with Crippen LogP contribution in [0.1, 0.15) is 13.3 Å². The smallest absolute Gasteiger partial charge is 0.107 e. The lowest BCUT2D eigenvalue weighted by atomic mass is 10.1. The van der Waals surface area contributed by atoms with Crippen LogP contribution in [0.2, 0.25) is 0 Å². The van der Waals surface area contributed by atoms with Gasteiger partial charge in [0.15, 0.2) is 0 Å². The van der Waals surface area contributed by atoms with Crippen molar-refractivity contribution < 1.29 is 5.11 Å². The summed E-state index contributed by atoms with van der Waals surface area (Å²) in [6, 6.07) is 0. The third-order valence-corrected chi connectivity index (χ3v) is 1.73. The van der Waals surface area contributed by atoms with E-state index in [1.807, 2.05) is 13.0 Å². The molecule has 2 heteroatoms. The van der Waals surface area contributed by atoms with Crippen LogP contribution in [0.25, 0.3) is 0 Å². The Morgan fingerprint density at radius 3 is 2.50 bits per heavy atom. The van der Waals surface area contributed by atoms with E-state index in [9.17, 15) is 0 Å². The first-order valence-corrected chi connectivity index (χ1v) is 3.67. The second-order valence-electron chi connectivity index (χ2n) is 1.52. The van der Waals surface area contributed by atoms with Crippen molar-refractivity contribution in [1.82, 2.24) is 0 Å². The number of hydrogen-bond acceptors (Lipinski definition) is 1. The predicted octanol–water partition coefficient (Wildman–Crippen LogP) is 1.74. The molecular formula is C6H9BrO. The topological polar surface area (TPSA) is 20.2 Å². The number of aliphatic hydroxyl groups is 1. The lowest BCUT2D eigenvalue weighted by Gasteiger charge is -1.97. The van der Waals surface area contributed by atoms with Crippen LogP contribution >= 0.6 is 15.9 Å². The first kappa shape index (κ1) is 7.84. The molecule has 0 fully saturated rings. The average molecular weight is 177 g/mol. The predicted molar refractivity (Wildman–Crippen MR) is 37.3 cm³/mol. The van der Waals surface area contributed by atoms with Crippen molar-refractivity contribution in [3.63, 3.8) is 0 Å². The van der Waals surface area contributed by atoms with Crippen molar-refractivity contribution >= 4 is 15.9 Å². The molecule has 0 saturated heterocycles. The molecule has 0 heterocycles. The van der Waals surface area contributed by atoms with Gasteiger partial charge in [-0.25, -0.2) is 0 Å². The average Bonchev–Trinajstić information content (AvgIpc) is 1.83. The van der Waals surface area contributed by atoms with Gasteiger partial charge in [-0.3, -0.25) is 0 Å². The summed E-state index contributed by atoms with van der Waals surface area (Å²) in [6.07, 6.45) is 2.87. The molecule has 0 aliphatic rings. The van der Waals surface area contributed by atoms with Gasteiger partial charge in [0.2, 0.25) is 0 Å². The lowest BCUT2D eigenvalue weighted by Crippen LogP contribution is -1.94. The maximum absolute atomic E-state index is 8.12. The molecule has 0 radical (unpaired) electrons. The molecule has 8 heavy (non-hydrogen) atoms. The van der Waals surface area contributed by atoms with Crippen molar-refractivity contribution in [2.75, 3.05) is 5.33 Å². The van der Waals surface area contributed by atoms with E-state index in [1.54, 1.807) is 0 Å². The summed E-state index contributed by atoms with van der Waals surface area (Å²) in [5.74, 6) is 2.95. The first-order chi connectivity index (χ1) is 3.85. The van der Waals surface area contributed by atoms with Gasteiger partial charge in [0.25, 0.3) is 0 Å². The van der Waals surface area contributed by atoms with Gasteiger partial charge in [0.1, 0.15) is 6.11 Å². The fraction of sp³-hybridized carbons (Fsp3) is 0.667. The van der Waals surface area contributed by atoms with Crippen molar-refractivity contribution in [2.24, 2.45) is 5.92 Å². The van der Waals surface area contributed by atoms with Crippen molar-refractivity contribution in [3.8, 4) is 12.0 Å². The fourth-order valence-electron chi connectivity index (χ4n) is 0.341. The minimum absolute atomic E-state index is 0.306. The number of rotatable bonds is 2. The molecule has 0 aromatic rings. The van der Waals surface area contributed by atoms with Crippen LogP contribution in [0.15, 0.2) is 0 Å². The highest BCUT2D eigenvalue weighted by Gasteiger charge is 1.96. The largest absolute Gasteiger partial charge is 0.462 e. The summed E-state index contributed by atoms with van der Waals surface area (Å²) in [5, 5.41) is 8.96. The molecule has 1 N–H and O–H groups in total. The Bertz CT molecular complexity index is 96.8. The first-order valence-electron chi connectivity index (χ1n) is 2.55. The van der Waals surface area contributed by atoms with Crippen molar-refractivity contribution in [2.45, 2.75) is 13.3 Å². The number of halogens is 1. The normalized spacial score (nSPS) is 11.8. The molecule has 0 rings (SSSR count). The van der Waals surface area contributed by atoms with Crippen LogP contribution < -0.4 is 0 Å². The van der Waals surface area contributed by atoms with Crippen LogP contribution in [0.5, 0.6) is 0 Å². The molecule has 0 aliphatic carbocycles. The third-order valence-electron chi connectivity index (χ3n) is 0.948. The van der Waals surface area contributed by atoms with Crippen LogP contribution in [-0.2, 0) is 0 Å². The van der Waals surface area contributed by atoms with E-state index >= 15 is 0 Å². The highest BCUT2D eigenvalue weighted by molar-refractivity contribution is 9.09. The molecule has 0 amide bonds. The molecule has 0 spiro atoms. The number of aliphatic hydroxyl groups excluding tert-OH is 1. The maximum Gasteiger partial charge on any atom is 0.107 e. The molecule has 1 nitrogen and oxygen atoms in total.